The summed E-state index contributed by atoms with van der Waals surface area (Å²) in [6.45, 7) is 2.29. The van der Waals surface area contributed by atoms with Crippen molar-refractivity contribution in [3.63, 3.8) is 0 Å². The number of hydrogen-bond donors (Lipinski definition) is 2. The van der Waals surface area contributed by atoms with Crippen LogP contribution < -0.4 is 10.6 Å². The number of rotatable bonds is 4. The van der Waals surface area contributed by atoms with Crippen molar-refractivity contribution in [3.05, 3.63) is 30.1 Å². The Hall–Kier alpha value is -1.95. The van der Waals surface area contributed by atoms with E-state index in [1.165, 1.54) is 0 Å². The number of pyridine rings is 1. The minimum Gasteiger partial charge on any atom is -0.350 e. The van der Waals surface area contributed by atoms with Crippen LogP contribution in [0.15, 0.2) is 24.5 Å². The molecule has 6 nitrogen and oxygen atoms in total. The smallest absolute Gasteiger partial charge is 0.243 e. The topological polar surface area (TPSA) is 74.3 Å². The summed E-state index contributed by atoms with van der Waals surface area (Å²) in [4.78, 5) is 30.5. The van der Waals surface area contributed by atoms with Crippen molar-refractivity contribution in [2.24, 2.45) is 0 Å². The minimum atomic E-state index is -0.313. The van der Waals surface area contributed by atoms with E-state index in [-0.39, 0.29) is 23.9 Å². The summed E-state index contributed by atoms with van der Waals surface area (Å²) in [7, 11) is 0. The second kappa shape index (κ2) is 6.87. The largest absolute Gasteiger partial charge is 0.350 e. The van der Waals surface area contributed by atoms with Crippen molar-refractivity contribution in [3.8, 4) is 0 Å². The van der Waals surface area contributed by atoms with E-state index in [1.54, 1.807) is 12.4 Å². The van der Waals surface area contributed by atoms with Gasteiger partial charge in [0, 0.05) is 31.4 Å². The molecule has 2 aliphatic rings. The van der Waals surface area contributed by atoms with Gasteiger partial charge >= 0.3 is 0 Å². The number of carbonyl (C=O) groups excluding carboxylic acids is 2. The Labute approximate surface area is 130 Å². The van der Waals surface area contributed by atoms with Gasteiger partial charge in [-0.2, -0.15) is 0 Å². The molecule has 6 heteroatoms. The SMILES string of the molecule is O=C(NCc1cccnc1)[C@H]1CCC(=O)N1C1CCNCC1. The predicted octanol–water partition coefficient (Wildman–Crippen LogP) is 0.441. The van der Waals surface area contributed by atoms with Crippen molar-refractivity contribution < 1.29 is 9.59 Å². The number of piperidine rings is 1. The van der Waals surface area contributed by atoms with Crippen LogP contribution in [0.4, 0.5) is 0 Å². The summed E-state index contributed by atoms with van der Waals surface area (Å²) in [6.07, 6.45) is 6.41. The normalized spacial score (nSPS) is 22.8. The minimum absolute atomic E-state index is 0.0479. The molecule has 1 atom stereocenters. The molecule has 2 aliphatic heterocycles. The Kier molecular flexibility index (Phi) is 4.68. The van der Waals surface area contributed by atoms with Gasteiger partial charge in [-0.3, -0.25) is 14.6 Å². The maximum absolute atomic E-state index is 12.5. The Bertz CT molecular complexity index is 528. The first kappa shape index (κ1) is 15.0. The van der Waals surface area contributed by atoms with Crippen LogP contribution in [0, 0.1) is 0 Å². The van der Waals surface area contributed by atoms with E-state index in [0.29, 0.717) is 19.4 Å². The fraction of sp³-hybridized carbons (Fsp3) is 0.562. The molecule has 0 aliphatic carbocycles. The van der Waals surface area contributed by atoms with Crippen LogP contribution in [0.25, 0.3) is 0 Å². The van der Waals surface area contributed by atoms with E-state index in [0.717, 1.165) is 31.5 Å². The van der Waals surface area contributed by atoms with Gasteiger partial charge < -0.3 is 15.5 Å². The average Bonchev–Trinajstić information content (AvgIpc) is 2.96. The van der Waals surface area contributed by atoms with E-state index in [4.69, 9.17) is 0 Å². The fourth-order valence-electron chi connectivity index (χ4n) is 3.31. The number of likely N-dealkylation sites (tertiary alicyclic amines) is 1. The Morgan fingerprint density at radius 2 is 2.18 bits per heavy atom. The maximum atomic E-state index is 12.5. The summed E-state index contributed by atoms with van der Waals surface area (Å²) >= 11 is 0. The van der Waals surface area contributed by atoms with Crippen LogP contribution in [-0.4, -0.2) is 46.9 Å². The maximum Gasteiger partial charge on any atom is 0.243 e. The molecule has 2 fully saturated rings. The molecular weight excluding hydrogens is 280 g/mol. The molecule has 2 saturated heterocycles. The number of aromatic nitrogens is 1. The van der Waals surface area contributed by atoms with Gasteiger partial charge in [0.25, 0.3) is 0 Å². The molecule has 22 heavy (non-hydrogen) atoms. The highest BCUT2D eigenvalue weighted by Crippen LogP contribution is 2.25. The van der Waals surface area contributed by atoms with Gasteiger partial charge in [-0.25, -0.2) is 0 Å². The standard InChI is InChI=1S/C16H22N4O2/c21-15-4-3-14(20(15)13-5-8-17-9-6-13)16(22)19-11-12-2-1-7-18-10-12/h1-2,7,10,13-14,17H,3-6,8-9,11H2,(H,19,22)/t14-/m1/s1. The molecule has 2 amide bonds. The third-order valence-electron chi connectivity index (χ3n) is 4.45. The van der Waals surface area contributed by atoms with E-state index in [9.17, 15) is 9.59 Å². The van der Waals surface area contributed by atoms with Crippen molar-refractivity contribution >= 4 is 11.8 Å². The highest BCUT2D eigenvalue weighted by Gasteiger charge is 2.40. The highest BCUT2D eigenvalue weighted by atomic mass is 16.2. The van der Waals surface area contributed by atoms with Gasteiger partial charge in [0.15, 0.2) is 0 Å². The van der Waals surface area contributed by atoms with Gasteiger partial charge in [-0.05, 0) is 44.0 Å². The molecular formula is C16H22N4O2. The van der Waals surface area contributed by atoms with Gasteiger partial charge in [0.05, 0.1) is 0 Å². The van der Waals surface area contributed by atoms with E-state index >= 15 is 0 Å². The molecule has 0 saturated carbocycles. The summed E-state index contributed by atoms with van der Waals surface area (Å²) in [5.41, 5.74) is 0.966. The molecule has 1 aromatic heterocycles. The molecule has 3 heterocycles. The average molecular weight is 302 g/mol. The first-order chi connectivity index (χ1) is 10.8. The number of carbonyl (C=O) groups is 2. The van der Waals surface area contributed by atoms with Gasteiger partial charge in [-0.1, -0.05) is 6.07 Å². The first-order valence-corrected chi connectivity index (χ1v) is 7.94. The Morgan fingerprint density at radius 3 is 2.91 bits per heavy atom. The molecule has 118 valence electrons. The van der Waals surface area contributed by atoms with Crippen LogP contribution in [0.3, 0.4) is 0 Å². The van der Waals surface area contributed by atoms with E-state index in [1.807, 2.05) is 17.0 Å². The van der Waals surface area contributed by atoms with Crippen molar-refractivity contribution in [2.45, 2.75) is 44.3 Å². The van der Waals surface area contributed by atoms with Crippen LogP contribution in [0.5, 0.6) is 0 Å². The van der Waals surface area contributed by atoms with Crippen LogP contribution >= 0.6 is 0 Å². The summed E-state index contributed by atoms with van der Waals surface area (Å²) < 4.78 is 0. The van der Waals surface area contributed by atoms with Crippen LogP contribution in [0.2, 0.25) is 0 Å². The van der Waals surface area contributed by atoms with Crippen molar-refractivity contribution in [1.82, 2.24) is 20.5 Å². The van der Waals surface area contributed by atoms with Crippen molar-refractivity contribution in [1.29, 1.82) is 0 Å². The number of nitrogens with one attached hydrogen (secondary N) is 2. The third kappa shape index (κ3) is 3.27. The molecule has 0 spiro atoms. The second-order valence-corrected chi connectivity index (χ2v) is 5.92. The first-order valence-electron chi connectivity index (χ1n) is 7.94. The monoisotopic (exact) mass is 302 g/mol. The van der Waals surface area contributed by atoms with Gasteiger partial charge in [-0.15, -0.1) is 0 Å². The van der Waals surface area contributed by atoms with Crippen LogP contribution in [-0.2, 0) is 16.1 Å². The van der Waals surface area contributed by atoms with E-state index in [2.05, 4.69) is 15.6 Å². The molecule has 0 radical (unpaired) electrons. The second-order valence-electron chi connectivity index (χ2n) is 5.92. The van der Waals surface area contributed by atoms with Crippen molar-refractivity contribution in [2.75, 3.05) is 13.1 Å². The zero-order valence-electron chi connectivity index (χ0n) is 12.6. The summed E-state index contributed by atoms with van der Waals surface area (Å²) in [5, 5.41) is 6.24. The quantitative estimate of drug-likeness (QED) is 0.846. The lowest BCUT2D eigenvalue weighted by Gasteiger charge is -2.35. The zero-order valence-corrected chi connectivity index (χ0v) is 12.6. The van der Waals surface area contributed by atoms with Crippen LogP contribution in [0.1, 0.15) is 31.2 Å². The molecule has 0 unspecified atom stereocenters. The lowest BCUT2D eigenvalue weighted by Crippen LogP contribution is -2.52. The van der Waals surface area contributed by atoms with Gasteiger partial charge in [0.2, 0.25) is 11.8 Å². The summed E-state index contributed by atoms with van der Waals surface area (Å²) in [5.74, 6) is 0.0710. The van der Waals surface area contributed by atoms with Gasteiger partial charge in [0.1, 0.15) is 6.04 Å². The van der Waals surface area contributed by atoms with E-state index < -0.39 is 0 Å². The predicted molar refractivity (Wildman–Crippen MR) is 81.8 cm³/mol. The summed E-state index contributed by atoms with van der Waals surface area (Å²) in [6, 6.07) is 3.66. The number of nitrogens with zero attached hydrogens (tertiary/aromatic N) is 2. The lowest BCUT2D eigenvalue weighted by molar-refractivity contribution is -0.138. The Morgan fingerprint density at radius 1 is 1.36 bits per heavy atom. The zero-order chi connectivity index (χ0) is 15.4. The third-order valence-corrected chi connectivity index (χ3v) is 4.45. The Balaban J connectivity index is 1.61. The molecule has 2 N–H and O–H groups in total. The molecule has 0 bridgehead atoms. The molecule has 0 aromatic carbocycles. The lowest BCUT2D eigenvalue weighted by atomic mass is 10.0. The number of hydrogen-bond acceptors (Lipinski definition) is 4. The fourth-order valence-corrected chi connectivity index (χ4v) is 3.31. The number of amides is 2. The molecule has 1 aromatic rings. The highest BCUT2D eigenvalue weighted by molar-refractivity contribution is 5.91. The molecule has 3 rings (SSSR count).